The van der Waals surface area contributed by atoms with Gasteiger partial charge in [0.2, 0.25) is 0 Å². The summed E-state index contributed by atoms with van der Waals surface area (Å²) < 4.78 is 4.76. The summed E-state index contributed by atoms with van der Waals surface area (Å²) in [6, 6.07) is 1.10. The Morgan fingerprint density at radius 2 is 2.58 bits per heavy atom. The average molecular weight is 165 g/mol. The van der Waals surface area contributed by atoms with Gasteiger partial charge in [-0.25, -0.2) is 0 Å². The Kier molecular flexibility index (Phi) is 2.82. The highest BCUT2D eigenvalue weighted by Crippen LogP contribution is 2.05. The van der Waals surface area contributed by atoms with Crippen molar-refractivity contribution < 1.29 is 9.21 Å². The summed E-state index contributed by atoms with van der Waals surface area (Å²) in [7, 11) is 0. The van der Waals surface area contributed by atoms with Gasteiger partial charge in [0.1, 0.15) is 6.26 Å². The van der Waals surface area contributed by atoms with E-state index in [0.717, 1.165) is 0 Å². The fourth-order valence-corrected chi connectivity index (χ4v) is 0.905. The van der Waals surface area contributed by atoms with E-state index in [1.165, 1.54) is 12.5 Å². The first-order chi connectivity index (χ1) is 5.75. The van der Waals surface area contributed by atoms with E-state index in [9.17, 15) is 4.79 Å². The van der Waals surface area contributed by atoms with Crippen LogP contribution >= 0.6 is 0 Å². The third-order valence-electron chi connectivity index (χ3n) is 1.56. The quantitative estimate of drug-likeness (QED) is 0.541. The molecule has 2 N–H and O–H groups in total. The first-order valence-electron chi connectivity index (χ1n) is 3.68. The number of ketones is 1. The number of Topliss-reactive ketones (excluding diaryl/α,β-unsaturated/α-hetero) is 1. The summed E-state index contributed by atoms with van der Waals surface area (Å²) in [5.41, 5.74) is 6.07. The summed E-state index contributed by atoms with van der Waals surface area (Å²) in [5, 5.41) is 0. The van der Waals surface area contributed by atoms with Crippen molar-refractivity contribution in [1.82, 2.24) is 0 Å². The molecule has 1 aromatic heterocycles. The maximum absolute atomic E-state index is 11.4. The second-order valence-corrected chi connectivity index (χ2v) is 2.51. The van der Waals surface area contributed by atoms with Gasteiger partial charge in [0.25, 0.3) is 0 Å². The van der Waals surface area contributed by atoms with Gasteiger partial charge >= 0.3 is 0 Å². The van der Waals surface area contributed by atoms with E-state index >= 15 is 0 Å². The lowest BCUT2D eigenvalue weighted by Gasteiger charge is -2.04. The third kappa shape index (κ3) is 1.83. The maximum Gasteiger partial charge on any atom is 0.183 e. The van der Waals surface area contributed by atoms with Gasteiger partial charge in [0, 0.05) is 0 Å². The predicted molar refractivity (Wildman–Crippen MR) is 45.8 cm³/mol. The average Bonchev–Trinajstić information content (AvgIpc) is 2.55. The van der Waals surface area contributed by atoms with Crippen molar-refractivity contribution in [3.63, 3.8) is 0 Å². The SMILES string of the molecule is C=CCC(N)C(=O)c1ccoc1. The van der Waals surface area contributed by atoms with Gasteiger partial charge in [-0.2, -0.15) is 0 Å². The maximum atomic E-state index is 11.4. The molecule has 3 heteroatoms. The van der Waals surface area contributed by atoms with Crippen molar-refractivity contribution in [3.8, 4) is 0 Å². The zero-order valence-corrected chi connectivity index (χ0v) is 6.69. The Balaban J connectivity index is 2.65. The molecule has 0 spiro atoms. The first-order valence-corrected chi connectivity index (χ1v) is 3.68. The molecule has 1 unspecified atom stereocenters. The summed E-state index contributed by atoms with van der Waals surface area (Å²) in [5.74, 6) is -0.108. The lowest BCUT2D eigenvalue weighted by Crippen LogP contribution is -2.29. The Labute approximate surface area is 70.9 Å². The smallest absolute Gasteiger partial charge is 0.183 e. The topological polar surface area (TPSA) is 56.2 Å². The van der Waals surface area contributed by atoms with Crippen LogP contribution in [-0.4, -0.2) is 11.8 Å². The molecule has 3 nitrogen and oxygen atoms in total. The minimum Gasteiger partial charge on any atom is -0.472 e. The zero-order valence-electron chi connectivity index (χ0n) is 6.69. The van der Waals surface area contributed by atoms with Crippen LogP contribution in [0, 0.1) is 0 Å². The van der Waals surface area contributed by atoms with E-state index < -0.39 is 6.04 Å². The zero-order chi connectivity index (χ0) is 8.97. The number of carbonyl (C=O) groups excluding carboxylic acids is 1. The number of furan rings is 1. The van der Waals surface area contributed by atoms with E-state index in [2.05, 4.69) is 6.58 Å². The van der Waals surface area contributed by atoms with Gasteiger partial charge in [-0.1, -0.05) is 6.08 Å². The molecule has 0 radical (unpaired) electrons. The molecule has 0 amide bonds. The third-order valence-corrected chi connectivity index (χ3v) is 1.56. The molecule has 0 saturated heterocycles. The predicted octanol–water partition coefficient (Wildman–Crippen LogP) is 1.37. The van der Waals surface area contributed by atoms with Gasteiger partial charge < -0.3 is 10.2 Å². The van der Waals surface area contributed by atoms with E-state index in [-0.39, 0.29) is 5.78 Å². The fourth-order valence-electron chi connectivity index (χ4n) is 0.905. The fraction of sp³-hybridized carbons (Fsp3) is 0.222. The van der Waals surface area contributed by atoms with Gasteiger partial charge in [0.15, 0.2) is 5.78 Å². The molecule has 1 atom stereocenters. The molecular weight excluding hydrogens is 154 g/mol. The van der Waals surface area contributed by atoms with Crippen molar-refractivity contribution in [2.24, 2.45) is 5.73 Å². The van der Waals surface area contributed by atoms with Gasteiger partial charge in [0.05, 0.1) is 17.9 Å². The number of nitrogens with two attached hydrogens (primary N) is 1. The molecule has 1 rings (SSSR count). The Bertz CT molecular complexity index is 264. The lowest BCUT2D eigenvalue weighted by atomic mass is 10.1. The van der Waals surface area contributed by atoms with Gasteiger partial charge in [-0.15, -0.1) is 6.58 Å². The number of carbonyl (C=O) groups is 1. The highest BCUT2D eigenvalue weighted by molar-refractivity contribution is 5.99. The van der Waals surface area contributed by atoms with Crippen LogP contribution in [0.15, 0.2) is 35.7 Å². The van der Waals surface area contributed by atoms with Crippen molar-refractivity contribution in [2.45, 2.75) is 12.5 Å². The molecular formula is C9H11NO2. The summed E-state index contributed by atoms with van der Waals surface area (Å²) >= 11 is 0. The molecule has 1 aromatic rings. The van der Waals surface area contributed by atoms with Crippen molar-refractivity contribution >= 4 is 5.78 Å². The Morgan fingerprint density at radius 3 is 3.08 bits per heavy atom. The second kappa shape index (κ2) is 3.88. The van der Waals surface area contributed by atoms with Crippen LogP contribution in [0.1, 0.15) is 16.8 Å². The summed E-state index contributed by atoms with van der Waals surface area (Å²) in [4.78, 5) is 11.4. The normalized spacial score (nSPS) is 12.4. The number of hydrogen-bond donors (Lipinski definition) is 1. The Morgan fingerprint density at radius 1 is 1.83 bits per heavy atom. The van der Waals surface area contributed by atoms with Crippen LogP contribution in [0.4, 0.5) is 0 Å². The summed E-state index contributed by atoms with van der Waals surface area (Å²) in [6.45, 7) is 3.51. The van der Waals surface area contributed by atoms with Crippen molar-refractivity contribution in [2.75, 3.05) is 0 Å². The molecule has 0 aliphatic carbocycles. The molecule has 0 aliphatic heterocycles. The second-order valence-electron chi connectivity index (χ2n) is 2.51. The van der Waals surface area contributed by atoms with E-state index in [4.69, 9.17) is 10.2 Å². The molecule has 0 aromatic carbocycles. The van der Waals surface area contributed by atoms with Crippen LogP contribution < -0.4 is 5.73 Å². The summed E-state index contributed by atoms with van der Waals surface area (Å²) in [6.07, 6.45) is 4.96. The molecule has 0 aliphatic rings. The lowest BCUT2D eigenvalue weighted by molar-refractivity contribution is 0.0961. The van der Waals surface area contributed by atoms with Crippen molar-refractivity contribution in [1.29, 1.82) is 0 Å². The molecule has 0 bridgehead atoms. The van der Waals surface area contributed by atoms with Crippen LogP contribution in [0.5, 0.6) is 0 Å². The number of rotatable bonds is 4. The van der Waals surface area contributed by atoms with Crippen molar-refractivity contribution in [3.05, 3.63) is 36.8 Å². The van der Waals surface area contributed by atoms with Crippen LogP contribution in [0.2, 0.25) is 0 Å². The van der Waals surface area contributed by atoms with E-state index in [0.29, 0.717) is 12.0 Å². The van der Waals surface area contributed by atoms with Crippen LogP contribution in [0.25, 0.3) is 0 Å². The molecule has 1 heterocycles. The molecule has 12 heavy (non-hydrogen) atoms. The van der Waals surface area contributed by atoms with E-state index in [1.54, 1.807) is 12.1 Å². The highest BCUT2D eigenvalue weighted by Gasteiger charge is 2.14. The molecule has 0 saturated carbocycles. The van der Waals surface area contributed by atoms with Gasteiger partial charge in [-0.3, -0.25) is 4.79 Å². The highest BCUT2D eigenvalue weighted by atomic mass is 16.3. The van der Waals surface area contributed by atoms with Crippen LogP contribution in [-0.2, 0) is 0 Å². The van der Waals surface area contributed by atoms with E-state index in [1.807, 2.05) is 0 Å². The van der Waals surface area contributed by atoms with Gasteiger partial charge in [-0.05, 0) is 12.5 Å². The minimum atomic E-state index is -0.500. The largest absolute Gasteiger partial charge is 0.472 e. The monoisotopic (exact) mass is 165 g/mol. The standard InChI is InChI=1S/C9H11NO2/c1-2-3-8(10)9(11)7-4-5-12-6-7/h2,4-6,8H,1,3,10H2. The molecule has 0 fully saturated rings. The number of hydrogen-bond acceptors (Lipinski definition) is 3. The first kappa shape index (κ1) is 8.74. The Hall–Kier alpha value is -1.35. The van der Waals surface area contributed by atoms with Crippen LogP contribution in [0.3, 0.4) is 0 Å². The molecule has 64 valence electrons. The minimum absolute atomic E-state index is 0.108.